The van der Waals surface area contributed by atoms with Crippen molar-refractivity contribution in [1.82, 2.24) is 9.80 Å². The largest absolute Gasteiger partial charge is 0.340 e. The van der Waals surface area contributed by atoms with Crippen LogP contribution >= 0.6 is 0 Å². The Hall–Kier alpha value is -2.09. The van der Waals surface area contributed by atoms with Gasteiger partial charge in [0.25, 0.3) is 5.91 Å². The van der Waals surface area contributed by atoms with Crippen LogP contribution in [0.3, 0.4) is 0 Å². The summed E-state index contributed by atoms with van der Waals surface area (Å²) in [6.45, 7) is 0.878. The van der Waals surface area contributed by atoms with Gasteiger partial charge in [0.2, 0.25) is 5.82 Å². The summed E-state index contributed by atoms with van der Waals surface area (Å²) >= 11 is 0. The van der Waals surface area contributed by atoms with Crippen LogP contribution in [0.4, 0.5) is 14.5 Å². The van der Waals surface area contributed by atoms with Crippen molar-refractivity contribution in [2.75, 3.05) is 34.2 Å². The van der Waals surface area contributed by atoms with Crippen LogP contribution in [0.15, 0.2) is 12.1 Å². The van der Waals surface area contributed by atoms with E-state index in [9.17, 15) is 23.7 Å². The molecule has 1 aromatic rings. The van der Waals surface area contributed by atoms with Gasteiger partial charge < -0.3 is 9.80 Å². The number of likely N-dealkylation sites (N-methyl/N-ethyl adjacent to an activating group) is 2. The monoisotopic (exact) mass is 287 g/mol. The van der Waals surface area contributed by atoms with Crippen molar-refractivity contribution in [3.63, 3.8) is 0 Å². The lowest BCUT2D eigenvalue weighted by Crippen LogP contribution is -2.34. The lowest BCUT2D eigenvalue weighted by Gasteiger charge is -2.19. The molecule has 6 nitrogen and oxygen atoms in total. The maximum atomic E-state index is 13.7. The molecule has 0 fully saturated rings. The van der Waals surface area contributed by atoms with Gasteiger partial charge in [0, 0.05) is 20.1 Å². The summed E-state index contributed by atoms with van der Waals surface area (Å²) in [5, 5.41) is 10.5. The number of nitrogens with zero attached hydrogens (tertiary/aromatic N) is 3. The molecule has 0 radical (unpaired) electrons. The highest BCUT2D eigenvalue weighted by molar-refractivity contribution is 5.94. The normalized spacial score (nSPS) is 10.7. The Labute approximate surface area is 114 Å². The summed E-state index contributed by atoms with van der Waals surface area (Å²) in [5.41, 5.74) is -1.51. The first kappa shape index (κ1) is 16.0. The second kappa shape index (κ2) is 6.38. The fourth-order valence-corrected chi connectivity index (χ4v) is 1.50. The van der Waals surface area contributed by atoms with E-state index in [0.717, 1.165) is 0 Å². The Kier molecular flexibility index (Phi) is 5.09. The zero-order valence-electron chi connectivity index (χ0n) is 11.4. The van der Waals surface area contributed by atoms with Crippen LogP contribution in [0.2, 0.25) is 0 Å². The summed E-state index contributed by atoms with van der Waals surface area (Å²) in [6, 6.07) is 0.977. The van der Waals surface area contributed by atoms with Crippen LogP contribution in [0, 0.1) is 21.7 Å². The molecule has 0 spiro atoms. The van der Waals surface area contributed by atoms with Crippen molar-refractivity contribution in [2.24, 2.45) is 0 Å². The molecule has 0 aliphatic rings. The van der Waals surface area contributed by atoms with Gasteiger partial charge in [-0.25, -0.2) is 4.39 Å². The summed E-state index contributed by atoms with van der Waals surface area (Å²) in [6.07, 6.45) is 0. The number of carbonyl (C=O) groups is 1. The van der Waals surface area contributed by atoms with Gasteiger partial charge in [0.15, 0.2) is 0 Å². The van der Waals surface area contributed by atoms with Crippen molar-refractivity contribution in [1.29, 1.82) is 0 Å². The van der Waals surface area contributed by atoms with Crippen LogP contribution in [0.5, 0.6) is 0 Å². The van der Waals surface area contributed by atoms with E-state index < -0.39 is 33.7 Å². The first-order valence-electron chi connectivity index (χ1n) is 5.77. The van der Waals surface area contributed by atoms with E-state index in [2.05, 4.69) is 0 Å². The lowest BCUT2D eigenvalue weighted by molar-refractivity contribution is -0.387. The molecule has 1 rings (SSSR count). The summed E-state index contributed by atoms with van der Waals surface area (Å²) in [4.78, 5) is 24.4. The zero-order chi connectivity index (χ0) is 15.4. The van der Waals surface area contributed by atoms with E-state index in [4.69, 9.17) is 0 Å². The number of benzene rings is 1. The molecular weight excluding hydrogens is 272 g/mol. The molecule has 0 bridgehead atoms. The van der Waals surface area contributed by atoms with Crippen molar-refractivity contribution in [2.45, 2.75) is 0 Å². The average Bonchev–Trinajstić information content (AvgIpc) is 2.36. The third-order valence-corrected chi connectivity index (χ3v) is 2.69. The highest BCUT2D eigenvalue weighted by Gasteiger charge is 2.23. The van der Waals surface area contributed by atoms with E-state index in [1.165, 1.54) is 11.9 Å². The Bertz CT molecular complexity index is 535. The Morgan fingerprint density at radius 3 is 2.30 bits per heavy atom. The Balaban J connectivity index is 2.99. The molecule has 1 amide bonds. The van der Waals surface area contributed by atoms with E-state index in [0.29, 0.717) is 25.2 Å². The third kappa shape index (κ3) is 3.70. The number of rotatable bonds is 5. The molecule has 0 saturated heterocycles. The summed E-state index contributed by atoms with van der Waals surface area (Å²) < 4.78 is 27.1. The second-order valence-corrected chi connectivity index (χ2v) is 4.57. The number of nitro groups is 1. The molecule has 0 atom stereocenters. The molecule has 0 aliphatic carbocycles. The van der Waals surface area contributed by atoms with Crippen LogP contribution in [0.25, 0.3) is 0 Å². The van der Waals surface area contributed by atoms with Crippen LogP contribution in [0.1, 0.15) is 10.4 Å². The fraction of sp³-hybridized carbons (Fsp3) is 0.417. The molecule has 0 aliphatic heterocycles. The maximum Gasteiger partial charge on any atom is 0.307 e. The maximum absolute atomic E-state index is 13.7. The number of carbonyl (C=O) groups excluding carboxylic acids is 1. The molecular formula is C12H15F2N3O3. The van der Waals surface area contributed by atoms with Crippen molar-refractivity contribution < 1.29 is 18.5 Å². The molecule has 0 N–H and O–H groups in total. The minimum absolute atomic E-state index is 0.323. The predicted octanol–water partition coefficient (Wildman–Crippen LogP) is 1.51. The van der Waals surface area contributed by atoms with Gasteiger partial charge in [-0.3, -0.25) is 14.9 Å². The molecule has 0 unspecified atom stereocenters. The highest BCUT2D eigenvalue weighted by atomic mass is 19.1. The van der Waals surface area contributed by atoms with Crippen molar-refractivity contribution in [3.8, 4) is 0 Å². The number of nitro benzene ring substituents is 1. The molecule has 0 heterocycles. The van der Waals surface area contributed by atoms with Gasteiger partial charge in [-0.2, -0.15) is 4.39 Å². The lowest BCUT2D eigenvalue weighted by atomic mass is 10.1. The molecule has 20 heavy (non-hydrogen) atoms. The summed E-state index contributed by atoms with van der Waals surface area (Å²) in [5.74, 6) is -3.07. The van der Waals surface area contributed by atoms with E-state index in [1.807, 2.05) is 19.0 Å². The zero-order valence-corrected chi connectivity index (χ0v) is 11.4. The van der Waals surface area contributed by atoms with Gasteiger partial charge in [-0.1, -0.05) is 0 Å². The van der Waals surface area contributed by atoms with E-state index in [1.54, 1.807) is 0 Å². The SMILES string of the molecule is CN(C)CCN(C)C(=O)c1cc(F)c([N+](=O)[O-])cc1F. The molecule has 1 aromatic carbocycles. The quantitative estimate of drug-likeness (QED) is 0.608. The van der Waals surface area contributed by atoms with Gasteiger partial charge in [-0.15, -0.1) is 0 Å². The minimum Gasteiger partial charge on any atom is -0.340 e. The van der Waals surface area contributed by atoms with Gasteiger partial charge in [0.1, 0.15) is 5.82 Å². The second-order valence-electron chi connectivity index (χ2n) is 4.57. The van der Waals surface area contributed by atoms with Crippen molar-refractivity contribution in [3.05, 3.63) is 39.4 Å². The molecule has 0 aromatic heterocycles. The van der Waals surface area contributed by atoms with E-state index >= 15 is 0 Å². The van der Waals surface area contributed by atoms with Crippen LogP contribution < -0.4 is 0 Å². The highest BCUT2D eigenvalue weighted by Crippen LogP contribution is 2.22. The number of hydrogen-bond donors (Lipinski definition) is 0. The third-order valence-electron chi connectivity index (χ3n) is 2.69. The standard InChI is InChI=1S/C12H15F2N3O3/c1-15(2)4-5-16(3)12(18)8-6-10(14)11(17(19)20)7-9(8)13/h6-7H,4-5H2,1-3H3. The van der Waals surface area contributed by atoms with Gasteiger partial charge >= 0.3 is 5.69 Å². The van der Waals surface area contributed by atoms with Crippen LogP contribution in [-0.2, 0) is 0 Å². The van der Waals surface area contributed by atoms with Crippen LogP contribution in [-0.4, -0.2) is 54.9 Å². The number of halogens is 2. The van der Waals surface area contributed by atoms with Crippen molar-refractivity contribution >= 4 is 11.6 Å². The van der Waals surface area contributed by atoms with Gasteiger partial charge in [0.05, 0.1) is 16.6 Å². The number of amides is 1. The summed E-state index contributed by atoms with van der Waals surface area (Å²) in [7, 11) is 5.07. The Morgan fingerprint density at radius 2 is 1.80 bits per heavy atom. The van der Waals surface area contributed by atoms with E-state index in [-0.39, 0.29) is 0 Å². The average molecular weight is 287 g/mol. The molecule has 8 heteroatoms. The first-order chi connectivity index (χ1) is 9.23. The first-order valence-corrected chi connectivity index (χ1v) is 5.77. The Morgan fingerprint density at radius 1 is 1.20 bits per heavy atom. The number of hydrogen-bond acceptors (Lipinski definition) is 4. The molecule has 110 valence electrons. The van der Waals surface area contributed by atoms with Gasteiger partial charge in [-0.05, 0) is 20.2 Å². The smallest absolute Gasteiger partial charge is 0.307 e. The minimum atomic E-state index is -1.24. The molecule has 0 saturated carbocycles. The topological polar surface area (TPSA) is 66.7 Å². The fourth-order valence-electron chi connectivity index (χ4n) is 1.50. The predicted molar refractivity (Wildman–Crippen MR) is 68.5 cm³/mol.